The van der Waals surface area contributed by atoms with Gasteiger partial charge in [0, 0.05) is 23.2 Å². The molecule has 1 aromatic carbocycles. The summed E-state index contributed by atoms with van der Waals surface area (Å²) in [7, 11) is 0. The maximum absolute atomic E-state index is 5.89. The topological polar surface area (TPSA) is 54.2 Å². The summed E-state index contributed by atoms with van der Waals surface area (Å²) in [5.41, 5.74) is 0.846. The first kappa shape index (κ1) is 16.0. The smallest absolute Gasteiger partial charge is 0.247 e. The van der Waals surface area contributed by atoms with Gasteiger partial charge in [0.1, 0.15) is 0 Å². The first-order chi connectivity index (χ1) is 11.2. The van der Waals surface area contributed by atoms with E-state index in [2.05, 4.69) is 27.0 Å². The number of nitrogens with zero attached hydrogens (tertiary/aromatic N) is 3. The van der Waals surface area contributed by atoms with E-state index in [9.17, 15) is 0 Å². The average Bonchev–Trinajstić information content (AvgIpc) is 3.29. The van der Waals surface area contributed by atoms with Crippen LogP contribution in [0.1, 0.15) is 18.7 Å². The summed E-state index contributed by atoms with van der Waals surface area (Å²) in [5.74, 6) is 1.03. The molecule has 3 rings (SSSR count). The van der Waals surface area contributed by atoms with Crippen molar-refractivity contribution in [2.45, 2.75) is 25.4 Å². The minimum atomic E-state index is 0.450. The number of aromatic nitrogens is 2. The van der Waals surface area contributed by atoms with Gasteiger partial charge < -0.3 is 14.6 Å². The van der Waals surface area contributed by atoms with Crippen LogP contribution in [0.25, 0.3) is 11.5 Å². The minimum Gasteiger partial charge on any atom is -0.419 e. The molecule has 1 N–H and O–H groups in total. The van der Waals surface area contributed by atoms with Crippen molar-refractivity contribution in [3.8, 4) is 11.5 Å². The van der Waals surface area contributed by atoms with Crippen LogP contribution in [-0.2, 0) is 6.54 Å². The number of hydrogen-bond acceptors (Lipinski definition) is 4. The highest BCUT2D eigenvalue weighted by molar-refractivity contribution is 7.80. The molecule has 1 fully saturated rings. The van der Waals surface area contributed by atoms with Crippen molar-refractivity contribution in [1.29, 1.82) is 0 Å². The van der Waals surface area contributed by atoms with Crippen LogP contribution >= 0.6 is 23.8 Å². The van der Waals surface area contributed by atoms with E-state index in [-0.39, 0.29) is 0 Å². The molecular formula is C16H17ClN4OS. The largest absolute Gasteiger partial charge is 0.419 e. The SMILES string of the molecule is C=CCNC(=S)N(Cc1nnc(-c2ccc(Cl)cc2)o1)C1CC1. The van der Waals surface area contributed by atoms with Crippen LogP contribution in [0, 0.1) is 0 Å². The standard InChI is InChI=1S/C16H17ClN4OS/c1-2-9-18-16(23)21(13-7-8-13)10-14-19-20-15(22-14)11-3-5-12(17)6-4-11/h2-6,13H,1,7-10H2,(H,18,23). The molecule has 1 aliphatic carbocycles. The maximum Gasteiger partial charge on any atom is 0.247 e. The van der Waals surface area contributed by atoms with Gasteiger partial charge in [0.05, 0.1) is 6.54 Å². The Labute approximate surface area is 145 Å². The molecule has 120 valence electrons. The molecule has 0 spiro atoms. The lowest BCUT2D eigenvalue weighted by molar-refractivity contribution is 0.344. The maximum atomic E-state index is 5.89. The fourth-order valence-electron chi connectivity index (χ4n) is 2.19. The number of halogens is 1. The summed E-state index contributed by atoms with van der Waals surface area (Å²) < 4.78 is 5.76. The van der Waals surface area contributed by atoms with E-state index in [1.165, 1.54) is 0 Å². The van der Waals surface area contributed by atoms with Gasteiger partial charge in [-0.3, -0.25) is 0 Å². The van der Waals surface area contributed by atoms with Crippen molar-refractivity contribution in [3.63, 3.8) is 0 Å². The van der Waals surface area contributed by atoms with Crippen molar-refractivity contribution < 1.29 is 4.42 Å². The normalized spacial score (nSPS) is 13.6. The third kappa shape index (κ3) is 4.09. The van der Waals surface area contributed by atoms with Gasteiger partial charge in [-0.05, 0) is 49.3 Å². The number of benzene rings is 1. The van der Waals surface area contributed by atoms with Crippen molar-refractivity contribution in [3.05, 3.63) is 47.8 Å². The zero-order chi connectivity index (χ0) is 16.2. The second-order valence-electron chi connectivity index (χ2n) is 5.34. The number of hydrogen-bond donors (Lipinski definition) is 1. The van der Waals surface area contributed by atoms with Crippen LogP contribution in [0.5, 0.6) is 0 Å². The number of thiocarbonyl (C=S) groups is 1. The van der Waals surface area contributed by atoms with Gasteiger partial charge in [-0.1, -0.05) is 17.7 Å². The van der Waals surface area contributed by atoms with Crippen molar-refractivity contribution in [2.75, 3.05) is 6.54 Å². The average molecular weight is 349 g/mol. The van der Waals surface area contributed by atoms with Crippen molar-refractivity contribution in [2.24, 2.45) is 0 Å². The zero-order valence-corrected chi connectivity index (χ0v) is 14.1. The molecule has 5 nitrogen and oxygen atoms in total. The highest BCUT2D eigenvalue weighted by Gasteiger charge is 2.31. The Balaban J connectivity index is 1.70. The summed E-state index contributed by atoms with van der Waals surface area (Å²) in [5, 5.41) is 12.8. The molecule has 0 radical (unpaired) electrons. The molecule has 0 saturated heterocycles. The van der Waals surface area contributed by atoms with Crippen LogP contribution in [0.15, 0.2) is 41.3 Å². The second-order valence-corrected chi connectivity index (χ2v) is 6.16. The van der Waals surface area contributed by atoms with Gasteiger partial charge in [0.25, 0.3) is 0 Å². The molecule has 23 heavy (non-hydrogen) atoms. The molecule has 0 unspecified atom stereocenters. The van der Waals surface area contributed by atoms with Crippen molar-refractivity contribution >= 4 is 28.9 Å². The van der Waals surface area contributed by atoms with E-state index in [1.54, 1.807) is 18.2 Å². The van der Waals surface area contributed by atoms with Crippen molar-refractivity contribution in [1.82, 2.24) is 20.4 Å². The Kier molecular flexibility index (Phi) is 4.93. The second kappa shape index (κ2) is 7.10. The molecule has 1 aliphatic rings. The van der Waals surface area contributed by atoms with Gasteiger partial charge in [-0.25, -0.2) is 0 Å². The molecule has 1 heterocycles. The molecule has 0 bridgehead atoms. The van der Waals surface area contributed by atoms with Crippen LogP contribution in [0.4, 0.5) is 0 Å². The predicted octanol–water partition coefficient (Wildman–Crippen LogP) is 3.41. The Morgan fingerprint density at radius 1 is 1.39 bits per heavy atom. The molecule has 7 heteroatoms. The molecular weight excluding hydrogens is 332 g/mol. The zero-order valence-electron chi connectivity index (χ0n) is 12.5. The summed E-state index contributed by atoms with van der Waals surface area (Å²) in [6.07, 6.45) is 4.05. The summed E-state index contributed by atoms with van der Waals surface area (Å²) in [6.45, 7) is 4.84. The Bertz CT molecular complexity index is 696. The molecule has 2 aromatic rings. The Hall–Kier alpha value is -1.92. The Morgan fingerprint density at radius 3 is 2.78 bits per heavy atom. The molecule has 1 saturated carbocycles. The first-order valence-electron chi connectivity index (χ1n) is 7.41. The minimum absolute atomic E-state index is 0.450. The Morgan fingerprint density at radius 2 is 2.13 bits per heavy atom. The highest BCUT2D eigenvalue weighted by Crippen LogP contribution is 2.29. The molecule has 0 amide bonds. The summed E-state index contributed by atoms with van der Waals surface area (Å²) in [4.78, 5) is 2.10. The lowest BCUT2D eigenvalue weighted by Gasteiger charge is -2.23. The summed E-state index contributed by atoms with van der Waals surface area (Å²) >= 11 is 11.3. The van der Waals surface area contributed by atoms with E-state index >= 15 is 0 Å². The van der Waals surface area contributed by atoms with Crippen LogP contribution in [0.3, 0.4) is 0 Å². The van der Waals surface area contributed by atoms with E-state index in [0.29, 0.717) is 41.0 Å². The molecule has 0 atom stereocenters. The molecule has 1 aromatic heterocycles. The number of nitrogens with one attached hydrogen (secondary N) is 1. The summed E-state index contributed by atoms with van der Waals surface area (Å²) in [6, 6.07) is 7.76. The van der Waals surface area contributed by atoms with Gasteiger partial charge in [0.2, 0.25) is 11.8 Å². The fourth-order valence-corrected chi connectivity index (χ4v) is 2.61. The lowest BCUT2D eigenvalue weighted by atomic mass is 10.2. The van der Waals surface area contributed by atoms with Gasteiger partial charge in [0.15, 0.2) is 5.11 Å². The first-order valence-corrected chi connectivity index (χ1v) is 8.19. The monoisotopic (exact) mass is 348 g/mol. The van der Waals surface area contributed by atoms with E-state index in [1.807, 2.05) is 12.1 Å². The van der Waals surface area contributed by atoms with Gasteiger partial charge in [-0.2, -0.15) is 0 Å². The van der Waals surface area contributed by atoms with Crippen LogP contribution in [-0.4, -0.2) is 32.8 Å². The van der Waals surface area contributed by atoms with Crippen LogP contribution in [0.2, 0.25) is 5.02 Å². The third-order valence-electron chi connectivity index (χ3n) is 3.51. The van der Waals surface area contributed by atoms with E-state index < -0.39 is 0 Å². The van der Waals surface area contributed by atoms with Crippen LogP contribution < -0.4 is 5.32 Å². The van der Waals surface area contributed by atoms with Gasteiger partial charge >= 0.3 is 0 Å². The van der Waals surface area contributed by atoms with Gasteiger partial charge in [-0.15, -0.1) is 16.8 Å². The lowest BCUT2D eigenvalue weighted by Crippen LogP contribution is -2.40. The van der Waals surface area contributed by atoms with E-state index in [0.717, 1.165) is 18.4 Å². The fraction of sp³-hybridized carbons (Fsp3) is 0.312. The highest BCUT2D eigenvalue weighted by atomic mass is 35.5. The predicted molar refractivity (Wildman–Crippen MR) is 94.1 cm³/mol. The van der Waals surface area contributed by atoms with E-state index in [4.69, 9.17) is 28.2 Å². The molecule has 0 aliphatic heterocycles. The third-order valence-corrected chi connectivity index (χ3v) is 4.14. The quantitative estimate of drug-likeness (QED) is 0.637. The number of rotatable bonds is 6.